The normalized spacial score (nSPS) is 12.3. The molecule has 3 nitrogen and oxygen atoms in total. The molecule has 0 heterocycles. The molecule has 1 N–H and O–H groups in total. The highest BCUT2D eigenvalue weighted by atomic mass is 16.5. The van der Waals surface area contributed by atoms with Crippen molar-refractivity contribution in [3.05, 3.63) is 29.8 Å². The molecule has 1 aromatic carbocycles. The molecular formula is C17H29NO2. The molecule has 0 fully saturated rings. The molecule has 20 heavy (non-hydrogen) atoms. The van der Waals surface area contributed by atoms with Crippen LogP contribution in [0, 0.1) is 0 Å². The number of methoxy groups -OCH3 is 1. The molecule has 0 amide bonds. The Morgan fingerprint density at radius 3 is 2.60 bits per heavy atom. The van der Waals surface area contributed by atoms with Crippen molar-refractivity contribution in [3.8, 4) is 5.75 Å². The highest BCUT2D eigenvalue weighted by Gasteiger charge is 2.11. The van der Waals surface area contributed by atoms with Gasteiger partial charge in [-0.3, -0.25) is 0 Å². The zero-order valence-corrected chi connectivity index (χ0v) is 13.2. The van der Waals surface area contributed by atoms with E-state index < -0.39 is 0 Å². The molecule has 0 aliphatic carbocycles. The van der Waals surface area contributed by atoms with Crippen molar-refractivity contribution in [2.45, 2.75) is 45.6 Å². The average molecular weight is 279 g/mol. The number of nitrogens with one attached hydrogen (secondary N) is 1. The van der Waals surface area contributed by atoms with Gasteiger partial charge in [-0.05, 0) is 43.9 Å². The van der Waals surface area contributed by atoms with Crippen LogP contribution in [0.4, 0.5) is 0 Å². The summed E-state index contributed by atoms with van der Waals surface area (Å²) in [7, 11) is 1.73. The third-order valence-corrected chi connectivity index (χ3v) is 3.30. The van der Waals surface area contributed by atoms with E-state index in [1.807, 2.05) is 12.1 Å². The van der Waals surface area contributed by atoms with E-state index in [0.717, 1.165) is 51.2 Å². The Kier molecular flexibility index (Phi) is 9.09. The van der Waals surface area contributed by atoms with E-state index in [9.17, 15) is 0 Å². The van der Waals surface area contributed by atoms with E-state index in [1.54, 1.807) is 7.11 Å². The Hall–Kier alpha value is -1.06. The van der Waals surface area contributed by atoms with Crippen LogP contribution in [-0.2, 0) is 11.2 Å². The predicted octanol–water partition coefficient (Wildman–Crippen LogP) is 3.42. The first-order valence-corrected chi connectivity index (χ1v) is 7.74. The molecule has 0 aliphatic heterocycles. The fourth-order valence-electron chi connectivity index (χ4n) is 2.23. The maximum Gasteiger partial charge on any atom is 0.122 e. The summed E-state index contributed by atoms with van der Waals surface area (Å²) in [6.45, 7) is 7.06. The fraction of sp³-hybridized carbons (Fsp3) is 0.647. The Balaban J connectivity index is 2.53. The summed E-state index contributed by atoms with van der Waals surface area (Å²) in [4.78, 5) is 0. The SMILES string of the molecule is CCCNC(CCOCCC)Cc1ccccc1OC. The first-order valence-electron chi connectivity index (χ1n) is 7.74. The Labute approximate surface area is 123 Å². The van der Waals surface area contributed by atoms with E-state index in [0.29, 0.717) is 6.04 Å². The number of ether oxygens (including phenoxy) is 2. The third kappa shape index (κ3) is 6.40. The molecule has 0 aliphatic rings. The number of hydrogen-bond donors (Lipinski definition) is 1. The standard InChI is InChI=1S/C17H29NO2/c1-4-11-18-16(10-13-20-12-5-2)14-15-8-6-7-9-17(15)19-3/h6-9,16,18H,4-5,10-14H2,1-3H3. The lowest BCUT2D eigenvalue weighted by atomic mass is 10.0. The Morgan fingerprint density at radius 1 is 1.10 bits per heavy atom. The quantitative estimate of drug-likeness (QED) is 0.630. The molecule has 3 heteroatoms. The Bertz CT molecular complexity index is 355. The van der Waals surface area contributed by atoms with Crippen LogP contribution in [0.25, 0.3) is 0 Å². The average Bonchev–Trinajstić information content (AvgIpc) is 2.49. The van der Waals surface area contributed by atoms with Gasteiger partial charge in [-0.1, -0.05) is 32.0 Å². The second kappa shape index (κ2) is 10.7. The van der Waals surface area contributed by atoms with E-state index in [4.69, 9.17) is 9.47 Å². The highest BCUT2D eigenvalue weighted by Crippen LogP contribution is 2.19. The van der Waals surface area contributed by atoms with E-state index in [-0.39, 0.29) is 0 Å². The van der Waals surface area contributed by atoms with E-state index >= 15 is 0 Å². The molecule has 1 atom stereocenters. The highest BCUT2D eigenvalue weighted by molar-refractivity contribution is 5.33. The fourth-order valence-corrected chi connectivity index (χ4v) is 2.23. The molecule has 1 aromatic rings. The second-order valence-corrected chi connectivity index (χ2v) is 5.07. The van der Waals surface area contributed by atoms with Crippen LogP contribution in [0.15, 0.2) is 24.3 Å². The van der Waals surface area contributed by atoms with Crippen LogP contribution < -0.4 is 10.1 Å². The summed E-state index contributed by atoms with van der Waals surface area (Å²) in [5.74, 6) is 0.977. The largest absolute Gasteiger partial charge is 0.496 e. The van der Waals surface area contributed by atoms with Crippen molar-refractivity contribution in [1.82, 2.24) is 5.32 Å². The molecule has 0 spiro atoms. The predicted molar refractivity (Wildman–Crippen MR) is 84.5 cm³/mol. The summed E-state index contributed by atoms with van der Waals surface area (Å²) < 4.78 is 11.1. The van der Waals surface area contributed by atoms with Crippen LogP contribution in [0.2, 0.25) is 0 Å². The summed E-state index contributed by atoms with van der Waals surface area (Å²) in [6.07, 6.45) is 4.26. The van der Waals surface area contributed by atoms with Crippen LogP contribution in [-0.4, -0.2) is 32.9 Å². The number of para-hydroxylation sites is 1. The number of benzene rings is 1. The van der Waals surface area contributed by atoms with Crippen molar-refractivity contribution >= 4 is 0 Å². The van der Waals surface area contributed by atoms with Crippen molar-refractivity contribution < 1.29 is 9.47 Å². The van der Waals surface area contributed by atoms with Gasteiger partial charge in [0.25, 0.3) is 0 Å². The molecule has 0 bridgehead atoms. The molecule has 1 rings (SSSR count). The third-order valence-electron chi connectivity index (χ3n) is 3.30. The first-order chi connectivity index (χ1) is 9.81. The summed E-state index contributed by atoms with van der Waals surface area (Å²) >= 11 is 0. The lowest BCUT2D eigenvalue weighted by Gasteiger charge is -2.20. The van der Waals surface area contributed by atoms with Gasteiger partial charge in [0.05, 0.1) is 7.11 Å². The molecular weight excluding hydrogens is 250 g/mol. The van der Waals surface area contributed by atoms with Gasteiger partial charge in [-0.15, -0.1) is 0 Å². The maximum absolute atomic E-state index is 5.62. The van der Waals surface area contributed by atoms with Crippen LogP contribution in [0.5, 0.6) is 5.75 Å². The van der Waals surface area contributed by atoms with Gasteiger partial charge in [-0.2, -0.15) is 0 Å². The molecule has 0 radical (unpaired) electrons. The van der Waals surface area contributed by atoms with E-state index in [1.165, 1.54) is 5.56 Å². The monoisotopic (exact) mass is 279 g/mol. The molecule has 0 saturated carbocycles. The Morgan fingerprint density at radius 2 is 1.90 bits per heavy atom. The van der Waals surface area contributed by atoms with Gasteiger partial charge in [-0.25, -0.2) is 0 Å². The zero-order chi connectivity index (χ0) is 14.6. The van der Waals surface area contributed by atoms with Gasteiger partial charge in [0.2, 0.25) is 0 Å². The van der Waals surface area contributed by atoms with E-state index in [2.05, 4.69) is 31.3 Å². The second-order valence-electron chi connectivity index (χ2n) is 5.07. The topological polar surface area (TPSA) is 30.5 Å². The minimum atomic E-state index is 0.447. The molecule has 1 unspecified atom stereocenters. The smallest absolute Gasteiger partial charge is 0.122 e. The summed E-state index contributed by atoms with van der Waals surface area (Å²) in [5, 5.41) is 3.61. The molecule has 0 saturated heterocycles. The lowest BCUT2D eigenvalue weighted by Crippen LogP contribution is -2.33. The van der Waals surface area contributed by atoms with Gasteiger partial charge >= 0.3 is 0 Å². The summed E-state index contributed by atoms with van der Waals surface area (Å²) in [5.41, 5.74) is 1.26. The van der Waals surface area contributed by atoms with Crippen molar-refractivity contribution in [3.63, 3.8) is 0 Å². The van der Waals surface area contributed by atoms with Crippen LogP contribution in [0.1, 0.15) is 38.7 Å². The first kappa shape index (κ1) is 17.0. The van der Waals surface area contributed by atoms with Crippen molar-refractivity contribution in [1.29, 1.82) is 0 Å². The molecule has 0 aromatic heterocycles. The van der Waals surface area contributed by atoms with Gasteiger partial charge in [0, 0.05) is 19.3 Å². The minimum absolute atomic E-state index is 0.447. The molecule has 114 valence electrons. The van der Waals surface area contributed by atoms with Crippen molar-refractivity contribution in [2.24, 2.45) is 0 Å². The number of rotatable bonds is 11. The van der Waals surface area contributed by atoms with Gasteiger partial charge in [0.1, 0.15) is 5.75 Å². The van der Waals surface area contributed by atoms with Crippen molar-refractivity contribution in [2.75, 3.05) is 26.9 Å². The maximum atomic E-state index is 5.62. The van der Waals surface area contributed by atoms with Gasteiger partial charge < -0.3 is 14.8 Å². The zero-order valence-electron chi connectivity index (χ0n) is 13.2. The van der Waals surface area contributed by atoms with Gasteiger partial charge in [0.15, 0.2) is 0 Å². The lowest BCUT2D eigenvalue weighted by molar-refractivity contribution is 0.124. The van der Waals surface area contributed by atoms with Crippen LogP contribution in [0.3, 0.4) is 0 Å². The number of hydrogen-bond acceptors (Lipinski definition) is 3. The minimum Gasteiger partial charge on any atom is -0.496 e. The summed E-state index contributed by atoms with van der Waals surface area (Å²) in [6, 6.07) is 8.71. The van der Waals surface area contributed by atoms with Crippen LogP contribution >= 0.6 is 0 Å².